The molecule has 14 nitrogen and oxygen atoms in total. The van der Waals surface area contributed by atoms with Crippen LogP contribution in [0.1, 0.15) is 55.3 Å². The quantitative estimate of drug-likeness (QED) is 0.0877. The normalized spacial score (nSPS) is 9.55. The Balaban J connectivity index is 0. The van der Waals surface area contributed by atoms with Gasteiger partial charge in [0.15, 0.2) is 0 Å². The molecule has 0 radical (unpaired) electrons. The smallest absolute Gasteiger partial charge is 0.335 e. The zero-order valence-corrected chi connectivity index (χ0v) is 29.7. The summed E-state index contributed by atoms with van der Waals surface area (Å²) in [7, 11) is 0. The van der Waals surface area contributed by atoms with Crippen molar-refractivity contribution in [2.75, 3.05) is 52.9 Å². The van der Waals surface area contributed by atoms with Crippen molar-refractivity contribution < 1.29 is 69.5 Å². The zero-order chi connectivity index (χ0) is 40.3. The number of carboxylic acids is 4. The average Bonchev–Trinajstić information content (AvgIpc) is 3.19. The first-order chi connectivity index (χ1) is 25.3. The number of carbonyl (C=O) groups is 4. The summed E-state index contributed by atoms with van der Waals surface area (Å²) in [6.07, 6.45) is 0. The molecule has 14 heteroatoms. The summed E-state index contributed by atoms with van der Waals surface area (Å²) in [5, 5.41) is 66.9. The number of carboxylic acid groups (broad SMARTS) is 4. The lowest BCUT2D eigenvalue weighted by Crippen LogP contribution is -2.20. The van der Waals surface area contributed by atoms with E-state index in [1.54, 1.807) is 135 Å². The van der Waals surface area contributed by atoms with Crippen molar-refractivity contribution in [2.24, 2.45) is 5.41 Å². The van der Waals surface area contributed by atoms with Crippen molar-refractivity contribution >= 4 is 23.9 Å². The van der Waals surface area contributed by atoms with E-state index >= 15 is 0 Å². The lowest BCUT2D eigenvalue weighted by atomic mass is 9.97. The van der Waals surface area contributed by atoms with Gasteiger partial charge in [-0.15, -0.1) is 0 Å². The van der Waals surface area contributed by atoms with E-state index in [2.05, 4.69) is 0 Å². The van der Waals surface area contributed by atoms with Gasteiger partial charge >= 0.3 is 23.9 Å². The maximum atomic E-state index is 10.2. The molecule has 0 aliphatic heterocycles. The van der Waals surface area contributed by atoms with E-state index in [1.165, 1.54) is 0 Å². The highest BCUT2D eigenvalue weighted by molar-refractivity contribution is 5.88. The Morgan fingerprint density at radius 1 is 0.415 bits per heavy atom. The SMILES string of the molecule is CC(C)(CO)CO.O=C(O)c1ccccc1.O=C(O)c1ccccc1.O=C(O)c1ccccc1.O=C(O)c1ccccc1.OCCOCCOCCO. The Bertz CT molecular complexity index is 1270. The van der Waals surface area contributed by atoms with Crippen LogP contribution in [0.25, 0.3) is 0 Å². The van der Waals surface area contributed by atoms with Crippen LogP contribution in [-0.2, 0) is 9.47 Å². The Kier molecular flexibility index (Phi) is 30.4. The van der Waals surface area contributed by atoms with Crippen molar-refractivity contribution in [2.45, 2.75) is 13.8 Å². The molecule has 0 spiro atoms. The van der Waals surface area contributed by atoms with Gasteiger partial charge < -0.3 is 50.3 Å². The molecule has 0 aliphatic rings. The number of ether oxygens (including phenoxy) is 2. The summed E-state index contributed by atoms with van der Waals surface area (Å²) in [6, 6.07) is 33.2. The first-order valence-electron chi connectivity index (χ1n) is 16.0. The first kappa shape index (κ1) is 49.6. The molecule has 4 aromatic rings. The molecule has 0 bridgehead atoms. The van der Waals surface area contributed by atoms with Crippen molar-refractivity contribution in [1.29, 1.82) is 0 Å². The van der Waals surface area contributed by atoms with Crippen molar-refractivity contribution in [1.82, 2.24) is 0 Å². The fourth-order valence-electron chi connectivity index (χ4n) is 2.82. The standard InChI is InChI=1S/4C7H6O2.C6H14O4.C5H12O2/c4*8-7(9)6-4-2-1-3-5-6;7-1-3-9-5-6-10-4-2-8;1-5(2,3-6)4-7/h4*1-5H,(H,8,9);7-8H,1-6H2;6-7H,3-4H2,1-2H3. The summed E-state index contributed by atoms with van der Waals surface area (Å²) in [6.45, 7) is 5.42. The molecule has 290 valence electrons. The fraction of sp³-hybridized carbons (Fsp3) is 0.282. The minimum Gasteiger partial charge on any atom is -0.478 e. The molecule has 0 heterocycles. The molecule has 4 rings (SSSR count). The third-order valence-electron chi connectivity index (χ3n) is 5.78. The zero-order valence-electron chi connectivity index (χ0n) is 29.7. The van der Waals surface area contributed by atoms with E-state index in [1.807, 2.05) is 0 Å². The van der Waals surface area contributed by atoms with Crippen LogP contribution in [0.5, 0.6) is 0 Å². The third-order valence-corrected chi connectivity index (χ3v) is 5.78. The second-order valence-electron chi connectivity index (χ2n) is 10.8. The number of aromatic carboxylic acids is 4. The van der Waals surface area contributed by atoms with Crippen molar-refractivity contribution in [3.8, 4) is 0 Å². The largest absolute Gasteiger partial charge is 0.478 e. The maximum Gasteiger partial charge on any atom is 0.335 e. The molecule has 0 fully saturated rings. The summed E-state index contributed by atoms with van der Waals surface area (Å²) < 4.78 is 9.75. The van der Waals surface area contributed by atoms with Crippen LogP contribution in [-0.4, -0.2) is 118 Å². The Hall–Kier alpha value is -5.48. The van der Waals surface area contributed by atoms with Crippen LogP contribution >= 0.6 is 0 Å². The van der Waals surface area contributed by atoms with E-state index in [9.17, 15) is 19.2 Å². The molecular formula is C39H50O14. The topological polar surface area (TPSA) is 249 Å². The van der Waals surface area contributed by atoms with Crippen molar-refractivity contribution in [3.05, 3.63) is 144 Å². The average molecular weight is 743 g/mol. The lowest BCUT2D eigenvalue weighted by molar-refractivity contribution is 0.0222. The molecule has 0 saturated carbocycles. The lowest BCUT2D eigenvalue weighted by Gasteiger charge is -2.16. The molecule has 53 heavy (non-hydrogen) atoms. The van der Waals surface area contributed by atoms with E-state index in [4.69, 9.17) is 50.3 Å². The van der Waals surface area contributed by atoms with Crippen LogP contribution in [0.4, 0.5) is 0 Å². The van der Waals surface area contributed by atoms with Gasteiger partial charge in [-0.25, -0.2) is 19.2 Å². The van der Waals surface area contributed by atoms with Gasteiger partial charge in [0.05, 0.1) is 75.1 Å². The van der Waals surface area contributed by atoms with Gasteiger partial charge in [-0.2, -0.15) is 0 Å². The molecular weight excluding hydrogens is 692 g/mol. The van der Waals surface area contributed by atoms with E-state index in [0.29, 0.717) is 48.7 Å². The second-order valence-corrected chi connectivity index (χ2v) is 10.8. The minimum atomic E-state index is -0.879. The number of aliphatic hydroxyl groups excluding tert-OH is 4. The summed E-state index contributed by atoms with van der Waals surface area (Å²) in [4.78, 5) is 40.8. The number of hydrogen-bond acceptors (Lipinski definition) is 10. The van der Waals surface area contributed by atoms with E-state index in [-0.39, 0.29) is 31.8 Å². The predicted molar refractivity (Wildman–Crippen MR) is 197 cm³/mol. The summed E-state index contributed by atoms with van der Waals surface area (Å²) in [5.41, 5.74) is 1.02. The molecule has 0 unspecified atom stereocenters. The van der Waals surface area contributed by atoms with Gasteiger partial charge in [0.25, 0.3) is 0 Å². The molecule has 0 atom stereocenters. The van der Waals surface area contributed by atoms with E-state index in [0.717, 1.165) is 0 Å². The fourth-order valence-corrected chi connectivity index (χ4v) is 2.82. The predicted octanol–water partition coefficient (Wildman–Crippen LogP) is 4.54. The number of aliphatic hydroxyl groups is 4. The molecule has 0 aliphatic carbocycles. The van der Waals surface area contributed by atoms with Gasteiger partial charge in [0, 0.05) is 5.41 Å². The third kappa shape index (κ3) is 29.9. The molecule has 4 aromatic carbocycles. The minimum absolute atomic E-state index is 0.0417. The van der Waals surface area contributed by atoms with Gasteiger partial charge in [-0.1, -0.05) is 86.6 Å². The van der Waals surface area contributed by atoms with Crippen LogP contribution in [0.2, 0.25) is 0 Å². The van der Waals surface area contributed by atoms with Gasteiger partial charge in [0.1, 0.15) is 0 Å². The number of rotatable bonds is 13. The Morgan fingerprint density at radius 3 is 0.736 bits per heavy atom. The Morgan fingerprint density at radius 2 is 0.623 bits per heavy atom. The molecule has 0 saturated heterocycles. The maximum absolute atomic E-state index is 10.2. The van der Waals surface area contributed by atoms with Gasteiger partial charge in [-0.3, -0.25) is 0 Å². The second kappa shape index (κ2) is 32.4. The van der Waals surface area contributed by atoms with Gasteiger partial charge in [-0.05, 0) is 48.5 Å². The van der Waals surface area contributed by atoms with E-state index < -0.39 is 23.9 Å². The molecule has 0 aromatic heterocycles. The van der Waals surface area contributed by atoms with Crippen LogP contribution in [0, 0.1) is 5.41 Å². The first-order valence-corrected chi connectivity index (χ1v) is 16.0. The highest BCUT2D eigenvalue weighted by Gasteiger charge is 2.13. The highest BCUT2D eigenvalue weighted by atomic mass is 16.5. The summed E-state index contributed by atoms with van der Waals surface area (Å²) in [5.74, 6) is -3.52. The number of hydrogen-bond donors (Lipinski definition) is 8. The van der Waals surface area contributed by atoms with Gasteiger partial charge in [0.2, 0.25) is 0 Å². The molecule has 0 amide bonds. The Labute approximate surface area is 308 Å². The van der Waals surface area contributed by atoms with Crippen molar-refractivity contribution in [3.63, 3.8) is 0 Å². The molecule has 8 N–H and O–H groups in total. The van der Waals surface area contributed by atoms with Crippen LogP contribution in [0.3, 0.4) is 0 Å². The number of benzene rings is 4. The van der Waals surface area contributed by atoms with Crippen LogP contribution < -0.4 is 0 Å². The summed E-state index contributed by atoms with van der Waals surface area (Å²) >= 11 is 0. The monoisotopic (exact) mass is 742 g/mol. The van der Waals surface area contributed by atoms with Crippen LogP contribution in [0.15, 0.2) is 121 Å². The highest BCUT2D eigenvalue weighted by Crippen LogP contribution is 2.10.